The molecule has 6 nitrogen and oxygen atoms in total. The van der Waals surface area contributed by atoms with E-state index in [1.165, 1.54) is 0 Å². The van der Waals surface area contributed by atoms with Crippen LogP contribution in [-0.4, -0.2) is 43.2 Å². The first kappa shape index (κ1) is 12.9. The maximum atomic E-state index is 5.40. The fraction of sp³-hybridized carbons (Fsp3) is 0.556. The Morgan fingerprint density at radius 1 is 1.75 bits per heavy atom. The molecular formula is C9H17N5OS. The van der Waals surface area contributed by atoms with Crippen molar-refractivity contribution in [3.63, 3.8) is 0 Å². The molecule has 1 aromatic heterocycles. The number of guanidine groups is 1. The molecule has 0 bridgehead atoms. The number of nitrogens with one attached hydrogen (secondary N) is 1. The van der Waals surface area contributed by atoms with Gasteiger partial charge >= 0.3 is 0 Å². The van der Waals surface area contributed by atoms with Crippen LogP contribution in [0.15, 0.2) is 15.9 Å². The lowest BCUT2D eigenvalue weighted by molar-refractivity contribution is 0.207. The van der Waals surface area contributed by atoms with Crippen LogP contribution in [0.3, 0.4) is 0 Å². The Kier molecular flexibility index (Phi) is 5.76. The Bertz CT molecular complexity index is 314. The van der Waals surface area contributed by atoms with Crippen molar-refractivity contribution in [2.75, 3.05) is 27.3 Å². The van der Waals surface area contributed by atoms with E-state index in [1.807, 2.05) is 17.3 Å². The molecule has 1 heterocycles. The number of aromatic nitrogens is 1. The smallest absolute Gasteiger partial charge is 0.208 e. The van der Waals surface area contributed by atoms with Gasteiger partial charge in [0.15, 0.2) is 0 Å². The fourth-order valence-corrected chi connectivity index (χ4v) is 1.70. The monoisotopic (exact) mass is 243 g/mol. The zero-order valence-electron chi connectivity index (χ0n) is 9.51. The van der Waals surface area contributed by atoms with Gasteiger partial charge in [-0.1, -0.05) is 0 Å². The van der Waals surface area contributed by atoms with E-state index in [-0.39, 0.29) is 0 Å². The average molecular weight is 243 g/mol. The number of methoxy groups -OCH3 is 1. The van der Waals surface area contributed by atoms with Crippen LogP contribution in [0, 0.1) is 0 Å². The first-order valence-corrected chi connectivity index (χ1v) is 5.80. The third-order valence-electron chi connectivity index (χ3n) is 1.93. The molecule has 0 aromatic carbocycles. The Labute approximate surface area is 99.1 Å². The predicted molar refractivity (Wildman–Crippen MR) is 65.1 cm³/mol. The summed E-state index contributed by atoms with van der Waals surface area (Å²) >= 11 is 1.57. The van der Waals surface area contributed by atoms with Gasteiger partial charge in [0.25, 0.3) is 0 Å². The van der Waals surface area contributed by atoms with E-state index in [9.17, 15) is 0 Å². The summed E-state index contributed by atoms with van der Waals surface area (Å²) in [5.74, 6) is 6.03. The van der Waals surface area contributed by atoms with Gasteiger partial charge in [-0.15, -0.1) is 11.3 Å². The van der Waals surface area contributed by atoms with Crippen LogP contribution in [0.1, 0.15) is 5.69 Å². The van der Waals surface area contributed by atoms with Crippen LogP contribution in [0.25, 0.3) is 0 Å². The van der Waals surface area contributed by atoms with Crippen molar-refractivity contribution in [3.05, 3.63) is 16.6 Å². The number of aliphatic imine (C=N–C) groups is 1. The van der Waals surface area contributed by atoms with Crippen molar-refractivity contribution in [3.8, 4) is 0 Å². The summed E-state index contributed by atoms with van der Waals surface area (Å²) in [7, 11) is 3.55. The van der Waals surface area contributed by atoms with Gasteiger partial charge in [-0.05, 0) is 0 Å². The lowest BCUT2D eigenvalue weighted by Gasteiger charge is -2.19. The van der Waals surface area contributed by atoms with E-state index >= 15 is 0 Å². The third kappa shape index (κ3) is 4.13. The van der Waals surface area contributed by atoms with Crippen molar-refractivity contribution < 1.29 is 4.74 Å². The quantitative estimate of drug-likeness (QED) is 0.251. The van der Waals surface area contributed by atoms with Crippen molar-refractivity contribution in [1.82, 2.24) is 15.3 Å². The van der Waals surface area contributed by atoms with Crippen LogP contribution in [0.4, 0.5) is 0 Å². The lowest BCUT2D eigenvalue weighted by Crippen LogP contribution is -2.42. The zero-order valence-corrected chi connectivity index (χ0v) is 10.3. The van der Waals surface area contributed by atoms with Crippen molar-refractivity contribution in [1.29, 1.82) is 0 Å². The molecule has 0 unspecified atom stereocenters. The number of nitrogens with two attached hydrogens (primary N) is 1. The summed E-state index contributed by atoms with van der Waals surface area (Å²) in [5.41, 5.74) is 5.38. The highest BCUT2D eigenvalue weighted by atomic mass is 32.1. The van der Waals surface area contributed by atoms with Crippen LogP contribution >= 0.6 is 11.3 Å². The zero-order chi connectivity index (χ0) is 11.8. The molecule has 16 heavy (non-hydrogen) atoms. The van der Waals surface area contributed by atoms with Gasteiger partial charge in [-0.3, -0.25) is 5.43 Å². The number of hydrazine groups is 1. The molecule has 0 saturated heterocycles. The molecule has 1 rings (SSSR count). The van der Waals surface area contributed by atoms with Gasteiger partial charge < -0.3 is 9.64 Å². The van der Waals surface area contributed by atoms with Gasteiger partial charge in [0.2, 0.25) is 5.96 Å². The molecule has 90 valence electrons. The number of ether oxygens (including phenoxy) is 1. The highest BCUT2D eigenvalue weighted by molar-refractivity contribution is 7.07. The second-order valence-electron chi connectivity index (χ2n) is 3.18. The molecule has 0 aliphatic heterocycles. The molecule has 0 amide bonds. The maximum Gasteiger partial charge on any atom is 0.208 e. The highest BCUT2D eigenvalue weighted by Crippen LogP contribution is 2.03. The first-order valence-electron chi connectivity index (χ1n) is 4.86. The standard InChI is InChI=1S/C9H17N5OS/c1-14(5-8-6-16-7-12-8)9(13-10)11-3-4-15-2/h6-7H,3-5,10H2,1-2H3,(H,11,13). The fourth-order valence-electron chi connectivity index (χ4n) is 1.15. The number of hydrogen-bond donors (Lipinski definition) is 2. The minimum Gasteiger partial charge on any atom is -0.383 e. The van der Waals surface area contributed by atoms with Gasteiger partial charge in [-0.2, -0.15) is 0 Å². The van der Waals surface area contributed by atoms with Crippen LogP contribution in [0.2, 0.25) is 0 Å². The maximum absolute atomic E-state index is 5.40. The normalized spacial score (nSPS) is 11.6. The van der Waals surface area contributed by atoms with Gasteiger partial charge in [0, 0.05) is 19.5 Å². The Morgan fingerprint density at radius 3 is 3.12 bits per heavy atom. The molecule has 0 aliphatic carbocycles. The van der Waals surface area contributed by atoms with Crippen molar-refractivity contribution in [2.24, 2.45) is 10.8 Å². The van der Waals surface area contributed by atoms with E-state index in [1.54, 1.807) is 24.0 Å². The van der Waals surface area contributed by atoms with E-state index in [0.717, 1.165) is 5.69 Å². The molecule has 0 spiro atoms. The van der Waals surface area contributed by atoms with E-state index in [0.29, 0.717) is 25.7 Å². The highest BCUT2D eigenvalue weighted by Gasteiger charge is 2.06. The Morgan fingerprint density at radius 2 is 2.56 bits per heavy atom. The molecule has 0 radical (unpaired) electrons. The minimum atomic E-state index is 0.579. The molecule has 7 heteroatoms. The second-order valence-corrected chi connectivity index (χ2v) is 3.90. The lowest BCUT2D eigenvalue weighted by atomic mass is 10.4. The summed E-state index contributed by atoms with van der Waals surface area (Å²) < 4.78 is 4.92. The predicted octanol–water partition coefficient (Wildman–Crippen LogP) is 0.0406. The van der Waals surface area contributed by atoms with Gasteiger partial charge in [-0.25, -0.2) is 15.8 Å². The van der Waals surface area contributed by atoms with E-state index < -0.39 is 0 Å². The SMILES string of the molecule is COCCN=C(NN)N(C)Cc1cscn1. The summed E-state index contributed by atoms with van der Waals surface area (Å²) in [6.45, 7) is 1.84. The Hall–Kier alpha value is -1.18. The van der Waals surface area contributed by atoms with Crippen LogP contribution in [0.5, 0.6) is 0 Å². The minimum absolute atomic E-state index is 0.579. The molecule has 0 saturated carbocycles. The van der Waals surface area contributed by atoms with E-state index in [2.05, 4.69) is 15.4 Å². The van der Waals surface area contributed by atoms with Crippen LogP contribution < -0.4 is 11.3 Å². The topological polar surface area (TPSA) is 75.8 Å². The number of thiazole rings is 1. The molecule has 0 fully saturated rings. The van der Waals surface area contributed by atoms with E-state index in [4.69, 9.17) is 10.6 Å². The van der Waals surface area contributed by atoms with Crippen molar-refractivity contribution >= 4 is 17.3 Å². The molecule has 0 atom stereocenters. The summed E-state index contributed by atoms with van der Waals surface area (Å²) in [6, 6.07) is 0. The third-order valence-corrected chi connectivity index (χ3v) is 2.57. The second kappa shape index (κ2) is 7.15. The van der Waals surface area contributed by atoms with Crippen LogP contribution in [-0.2, 0) is 11.3 Å². The van der Waals surface area contributed by atoms with Crippen molar-refractivity contribution in [2.45, 2.75) is 6.54 Å². The first-order chi connectivity index (χ1) is 7.77. The van der Waals surface area contributed by atoms with Gasteiger partial charge in [0.1, 0.15) is 0 Å². The average Bonchev–Trinajstić information content (AvgIpc) is 2.77. The summed E-state index contributed by atoms with van der Waals surface area (Å²) in [4.78, 5) is 10.4. The molecule has 1 aromatic rings. The molecular weight excluding hydrogens is 226 g/mol. The largest absolute Gasteiger partial charge is 0.383 e. The molecule has 0 aliphatic rings. The van der Waals surface area contributed by atoms with Gasteiger partial charge in [0.05, 0.1) is 30.9 Å². The summed E-state index contributed by atoms with van der Waals surface area (Å²) in [6.07, 6.45) is 0. The number of hydrogen-bond acceptors (Lipinski definition) is 5. The number of rotatable bonds is 5. The molecule has 3 N–H and O–H groups in total. The Balaban J connectivity index is 2.48. The number of nitrogens with zero attached hydrogens (tertiary/aromatic N) is 3. The summed E-state index contributed by atoms with van der Waals surface area (Å²) in [5, 5.41) is 2.00.